The van der Waals surface area contributed by atoms with E-state index in [1.54, 1.807) is 13.0 Å². The number of aliphatic carboxylic acids is 1. The summed E-state index contributed by atoms with van der Waals surface area (Å²) in [5.41, 5.74) is 0.954. The molecular formula is C11H10FNO3. The van der Waals surface area contributed by atoms with E-state index in [2.05, 4.69) is 5.32 Å². The molecule has 0 radical (unpaired) electrons. The van der Waals surface area contributed by atoms with Crippen LogP contribution in [0.5, 0.6) is 0 Å². The number of hydrogen-bond donors (Lipinski definition) is 2. The van der Waals surface area contributed by atoms with Crippen molar-refractivity contribution in [3.05, 3.63) is 41.7 Å². The molecule has 0 fully saturated rings. The average molecular weight is 223 g/mol. The number of hydrogen-bond acceptors (Lipinski definition) is 2. The normalized spacial score (nSPS) is 10.4. The van der Waals surface area contributed by atoms with Gasteiger partial charge in [0.05, 0.1) is 0 Å². The maximum absolute atomic E-state index is 12.9. The van der Waals surface area contributed by atoms with Gasteiger partial charge in [-0.15, -0.1) is 0 Å². The summed E-state index contributed by atoms with van der Waals surface area (Å²) >= 11 is 0. The van der Waals surface area contributed by atoms with Gasteiger partial charge in [0.25, 0.3) is 0 Å². The smallest absolute Gasteiger partial charge is 0.328 e. The van der Waals surface area contributed by atoms with Gasteiger partial charge in [0.15, 0.2) is 0 Å². The van der Waals surface area contributed by atoms with Gasteiger partial charge in [-0.1, -0.05) is 0 Å². The third kappa shape index (κ3) is 3.91. The molecule has 0 aliphatic heterocycles. The van der Waals surface area contributed by atoms with E-state index in [9.17, 15) is 14.0 Å². The minimum Gasteiger partial charge on any atom is -0.478 e. The maximum atomic E-state index is 12.9. The summed E-state index contributed by atoms with van der Waals surface area (Å²) in [6.45, 7) is 1.69. The second-order valence-corrected chi connectivity index (χ2v) is 3.18. The number of carboxylic acids is 1. The molecule has 0 saturated carbocycles. The Bertz CT molecular complexity index is 434. The van der Waals surface area contributed by atoms with E-state index in [-0.39, 0.29) is 5.69 Å². The van der Waals surface area contributed by atoms with Crippen molar-refractivity contribution >= 4 is 17.6 Å². The van der Waals surface area contributed by atoms with Gasteiger partial charge in [-0.3, -0.25) is 4.79 Å². The molecule has 0 bridgehead atoms. The fourth-order valence-corrected chi connectivity index (χ4v) is 1.14. The van der Waals surface area contributed by atoms with Crippen molar-refractivity contribution in [1.82, 2.24) is 0 Å². The standard InChI is InChI=1S/C11H10FNO3/c1-7-4-8(12)6-9(5-7)13-10(14)2-3-11(15)16/h2-6H,1H3,(H,13,14)(H,15,16). The monoisotopic (exact) mass is 223 g/mol. The number of halogens is 1. The highest BCUT2D eigenvalue weighted by atomic mass is 19.1. The Labute approximate surface area is 91.4 Å². The zero-order valence-electron chi connectivity index (χ0n) is 8.53. The molecule has 16 heavy (non-hydrogen) atoms. The van der Waals surface area contributed by atoms with E-state index in [0.717, 1.165) is 12.1 Å². The van der Waals surface area contributed by atoms with Gasteiger partial charge in [-0.05, 0) is 30.7 Å². The fraction of sp³-hybridized carbons (Fsp3) is 0.0909. The van der Waals surface area contributed by atoms with Gasteiger partial charge in [-0.2, -0.15) is 0 Å². The van der Waals surface area contributed by atoms with Crippen LogP contribution >= 0.6 is 0 Å². The zero-order valence-corrected chi connectivity index (χ0v) is 8.53. The molecule has 2 N–H and O–H groups in total. The van der Waals surface area contributed by atoms with Crippen LogP contribution in [0.3, 0.4) is 0 Å². The molecule has 0 aromatic heterocycles. The number of aryl methyl sites for hydroxylation is 1. The van der Waals surface area contributed by atoms with E-state index in [1.165, 1.54) is 6.07 Å². The van der Waals surface area contributed by atoms with Crippen LogP contribution in [0.1, 0.15) is 5.56 Å². The number of anilines is 1. The van der Waals surface area contributed by atoms with Crippen molar-refractivity contribution in [2.45, 2.75) is 6.92 Å². The molecule has 0 aliphatic rings. The molecule has 0 aliphatic carbocycles. The molecule has 1 rings (SSSR count). The Hall–Kier alpha value is -2.17. The topological polar surface area (TPSA) is 66.4 Å². The number of nitrogens with one attached hydrogen (secondary N) is 1. The molecule has 4 nitrogen and oxygen atoms in total. The van der Waals surface area contributed by atoms with Gasteiger partial charge >= 0.3 is 5.97 Å². The van der Waals surface area contributed by atoms with Crippen molar-refractivity contribution in [2.75, 3.05) is 5.32 Å². The summed E-state index contributed by atoms with van der Waals surface area (Å²) < 4.78 is 12.9. The summed E-state index contributed by atoms with van der Waals surface area (Å²) in [5, 5.41) is 10.6. The number of rotatable bonds is 3. The van der Waals surface area contributed by atoms with Crippen molar-refractivity contribution in [3.63, 3.8) is 0 Å². The summed E-state index contributed by atoms with van der Waals surface area (Å²) in [7, 11) is 0. The van der Waals surface area contributed by atoms with E-state index >= 15 is 0 Å². The second-order valence-electron chi connectivity index (χ2n) is 3.18. The molecule has 0 unspecified atom stereocenters. The minimum atomic E-state index is -1.22. The predicted molar refractivity (Wildman–Crippen MR) is 56.5 cm³/mol. The van der Waals surface area contributed by atoms with Gasteiger partial charge < -0.3 is 10.4 Å². The van der Waals surface area contributed by atoms with Crippen LogP contribution in [0.2, 0.25) is 0 Å². The lowest BCUT2D eigenvalue weighted by Crippen LogP contribution is -2.09. The second kappa shape index (κ2) is 5.06. The van der Waals surface area contributed by atoms with E-state index in [0.29, 0.717) is 11.6 Å². The Morgan fingerprint density at radius 1 is 1.31 bits per heavy atom. The highest BCUT2D eigenvalue weighted by Gasteiger charge is 2.01. The SMILES string of the molecule is Cc1cc(F)cc(NC(=O)C=CC(=O)O)c1. The summed E-state index contributed by atoms with van der Waals surface area (Å²) in [4.78, 5) is 21.3. The van der Waals surface area contributed by atoms with E-state index in [4.69, 9.17) is 5.11 Å². The molecule has 0 heterocycles. The summed E-state index contributed by atoms with van der Waals surface area (Å²) in [6.07, 6.45) is 1.57. The first-order valence-electron chi connectivity index (χ1n) is 4.46. The lowest BCUT2D eigenvalue weighted by molar-refractivity contribution is -0.131. The molecule has 1 aromatic carbocycles. The maximum Gasteiger partial charge on any atom is 0.328 e. The first-order valence-corrected chi connectivity index (χ1v) is 4.46. The summed E-state index contributed by atoms with van der Waals surface area (Å²) in [6, 6.07) is 4.05. The third-order valence-corrected chi connectivity index (χ3v) is 1.69. The number of carboxylic acid groups (broad SMARTS) is 1. The first kappa shape index (κ1) is 11.9. The number of amides is 1. The van der Waals surface area contributed by atoms with E-state index < -0.39 is 17.7 Å². The lowest BCUT2D eigenvalue weighted by Gasteiger charge is -2.03. The quantitative estimate of drug-likeness (QED) is 0.766. The first-order chi connectivity index (χ1) is 7.47. The van der Waals surface area contributed by atoms with Crippen LogP contribution in [0.15, 0.2) is 30.4 Å². The molecule has 5 heteroatoms. The highest BCUT2D eigenvalue weighted by Crippen LogP contribution is 2.13. The Kier molecular flexibility index (Phi) is 3.77. The van der Waals surface area contributed by atoms with Crippen LogP contribution in [0.4, 0.5) is 10.1 Å². The molecule has 0 spiro atoms. The fourth-order valence-electron chi connectivity index (χ4n) is 1.14. The largest absolute Gasteiger partial charge is 0.478 e. The average Bonchev–Trinajstić information content (AvgIpc) is 2.12. The predicted octanol–water partition coefficient (Wildman–Crippen LogP) is 1.71. The number of carbonyl (C=O) groups excluding carboxylic acids is 1. The van der Waals surface area contributed by atoms with Crippen molar-refractivity contribution in [1.29, 1.82) is 0 Å². The molecule has 0 atom stereocenters. The van der Waals surface area contributed by atoms with Crippen LogP contribution in [0.25, 0.3) is 0 Å². The molecule has 0 saturated heterocycles. The minimum absolute atomic E-state index is 0.289. The van der Waals surface area contributed by atoms with Crippen molar-refractivity contribution in [3.8, 4) is 0 Å². The van der Waals surface area contributed by atoms with Gasteiger partial charge in [0.1, 0.15) is 5.82 Å². The Balaban J connectivity index is 2.73. The zero-order chi connectivity index (χ0) is 12.1. The number of benzene rings is 1. The van der Waals surface area contributed by atoms with Crippen LogP contribution in [0, 0.1) is 12.7 Å². The van der Waals surface area contributed by atoms with Gasteiger partial charge in [-0.25, -0.2) is 9.18 Å². The molecule has 84 valence electrons. The van der Waals surface area contributed by atoms with Crippen molar-refractivity contribution < 1.29 is 19.1 Å². The Morgan fingerprint density at radius 2 is 2.00 bits per heavy atom. The van der Waals surface area contributed by atoms with Crippen LogP contribution in [-0.4, -0.2) is 17.0 Å². The third-order valence-electron chi connectivity index (χ3n) is 1.69. The highest BCUT2D eigenvalue weighted by molar-refractivity contribution is 6.02. The lowest BCUT2D eigenvalue weighted by atomic mass is 10.2. The van der Waals surface area contributed by atoms with Crippen LogP contribution in [-0.2, 0) is 9.59 Å². The summed E-state index contributed by atoms with van der Waals surface area (Å²) in [5.74, 6) is -2.30. The van der Waals surface area contributed by atoms with Gasteiger partial charge in [0.2, 0.25) is 5.91 Å². The van der Waals surface area contributed by atoms with E-state index in [1.807, 2.05) is 0 Å². The Morgan fingerprint density at radius 3 is 2.56 bits per heavy atom. The molecule has 1 amide bonds. The van der Waals surface area contributed by atoms with Crippen molar-refractivity contribution in [2.24, 2.45) is 0 Å². The number of carbonyl (C=O) groups is 2. The van der Waals surface area contributed by atoms with Gasteiger partial charge in [0, 0.05) is 17.8 Å². The molecule has 1 aromatic rings. The molecular weight excluding hydrogens is 213 g/mol. The van der Waals surface area contributed by atoms with Crippen LogP contribution < -0.4 is 5.32 Å².